The number of rotatable bonds is 4. The molecule has 92 valence electrons. The lowest BCUT2D eigenvalue weighted by atomic mass is 10.1. The van der Waals surface area contributed by atoms with Gasteiger partial charge in [-0.15, -0.1) is 0 Å². The van der Waals surface area contributed by atoms with Gasteiger partial charge in [0.25, 0.3) is 0 Å². The first kappa shape index (κ1) is 12.0. The molecule has 3 N–H and O–H groups in total. The lowest BCUT2D eigenvalue weighted by molar-refractivity contribution is 0.100. The predicted molar refractivity (Wildman–Crippen MR) is 66.5 cm³/mol. The third-order valence-electron chi connectivity index (χ3n) is 2.46. The summed E-state index contributed by atoms with van der Waals surface area (Å²) < 4.78 is 13.5. The molecule has 0 bridgehead atoms. The van der Waals surface area contributed by atoms with Crippen LogP contribution in [0.4, 0.5) is 10.1 Å². The van der Waals surface area contributed by atoms with Crippen LogP contribution in [0.5, 0.6) is 0 Å². The van der Waals surface area contributed by atoms with E-state index in [9.17, 15) is 9.18 Å². The molecule has 4 nitrogen and oxygen atoms in total. The minimum atomic E-state index is -0.584. The maximum atomic E-state index is 13.5. The van der Waals surface area contributed by atoms with Crippen molar-refractivity contribution in [3.8, 4) is 0 Å². The Labute approximate surface area is 104 Å². The summed E-state index contributed by atoms with van der Waals surface area (Å²) in [6.07, 6.45) is 3.35. The van der Waals surface area contributed by atoms with E-state index in [2.05, 4.69) is 10.3 Å². The number of halogens is 1. The Hall–Kier alpha value is -2.43. The fourth-order valence-electron chi connectivity index (χ4n) is 1.51. The number of nitrogens with two attached hydrogens (primary N) is 1. The number of anilines is 1. The van der Waals surface area contributed by atoms with Gasteiger partial charge in [-0.05, 0) is 29.8 Å². The molecule has 1 heterocycles. The van der Waals surface area contributed by atoms with Crippen LogP contribution in [-0.4, -0.2) is 10.9 Å². The number of aromatic nitrogens is 1. The number of amides is 1. The second-order valence-electron chi connectivity index (χ2n) is 3.77. The van der Waals surface area contributed by atoms with E-state index in [1.165, 1.54) is 18.2 Å². The Morgan fingerprint density at radius 3 is 2.89 bits per heavy atom. The van der Waals surface area contributed by atoms with Crippen molar-refractivity contribution in [3.63, 3.8) is 0 Å². The van der Waals surface area contributed by atoms with Crippen LogP contribution in [-0.2, 0) is 6.54 Å². The molecule has 0 unspecified atom stereocenters. The first-order valence-corrected chi connectivity index (χ1v) is 5.39. The molecule has 0 fully saturated rings. The second-order valence-corrected chi connectivity index (χ2v) is 3.77. The maximum absolute atomic E-state index is 13.5. The van der Waals surface area contributed by atoms with Gasteiger partial charge in [0.05, 0.1) is 5.69 Å². The zero-order chi connectivity index (χ0) is 13.0. The van der Waals surface area contributed by atoms with Crippen LogP contribution in [0, 0.1) is 5.82 Å². The number of hydrogen-bond acceptors (Lipinski definition) is 3. The van der Waals surface area contributed by atoms with Crippen molar-refractivity contribution in [1.82, 2.24) is 4.98 Å². The van der Waals surface area contributed by atoms with Crippen LogP contribution >= 0.6 is 0 Å². The Morgan fingerprint density at radius 2 is 2.22 bits per heavy atom. The zero-order valence-corrected chi connectivity index (χ0v) is 9.56. The summed E-state index contributed by atoms with van der Waals surface area (Å²) in [5, 5.41) is 2.90. The van der Waals surface area contributed by atoms with Gasteiger partial charge in [0, 0.05) is 24.5 Å². The van der Waals surface area contributed by atoms with E-state index in [4.69, 9.17) is 5.73 Å². The third kappa shape index (κ3) is 2.82. The van der Waals surface area contributed by atoms with Gasteiger partial charge < -0.3 is 11.1 Å². The standard InChI is InChI=1S/C13H12FN3O/c14-11-4-3-10(13(15)18)6-12(11)17-8-9-2-1-5-16-7-9/h1-7,17H,8H2,(H2,15,18). The molecule has 1 aromatic heterocycles. The lowest BCUT2D eigenvalue weighted by Crippen LogP contribution is -2.12. The average molecular weight is 245 g/mol. The molecule has 0 aliphatic carbocycles. The van der Waals surface area contributed by atoms with Gasteiger partial charge in [0.1, 0.15) is 5.82 Å². The van der Waals surface area contributed by atoms with Crippen molar-refractivity contribution in [1.29, 1.82) is 0 Å². The van der Waals surface area contributed by atoms with E-state index in [0.29, 0.717) is 6.54 Å². The smallest absolute Gasteiger partial charge is 0.248 e. The van der Waals surface area contributed by atoms with Crippen LogP contribution in [0.15, 0.2) is 42.7 Å². The van der Waals surface area contributed by atoms with E-state index in [-0.39, 0.29) is 11.3 Å². The normalized spacial score (nSPS) is 10.1. The van der Waals surface area contributed by atoms with Crippen molar-refractivity contribution >= 4 is 11.6 Å². The van der Waals surface area contributed by atoms with Gasteiger partial charge >= 0.3 is 0 Å². The third-order valence-corrected chi connectivity index (χ3v) is 2.46. The number of pyridine rings is 1. The lowest BCUT2D eigenvalue weighted by Gasteiger charge is -2.08. The first-order valence-electron chi connectivity index (χ1n) is 5.39. The van der Waals surface area contributed by atoms with Crippen LogP contribution < -0.4 is 11.1 Å². The van der Waals surface area contributed by atoms with Crippen LogP contribution in [0.3, 0.4) is 0 Å². The molecule has 0 spiro atoms. The highest BCUT2D eigenvalue weighted by molar-refractivity contribution is 5.93. The highest BCUT2D eigenvalue weighted by Gasteiger charge is 2.06. The number of nitrogens with zero attached hydrogens (tertiary/aromatic N) is 1. The highest BCUT2D eigenvalue weighted by Crippen LogP contribution is 2.16. The molecule has 2 aromatic rings. The average Bonchev–Trinajstić information content (AvgIpc) is 2.38. The number of nitrogens with one attached hydrogen (secondary N) is 1. The van der Waals surface area contributed by atoms with E-state index in [0.717, 1.165) is 5.56 Å². The van der Waals surface area contributed by atoms with Crippen molar-refractivity contribution in [2.75, 3.05) is 5.32 Å². The van der Waals surface area contributed by atoms with Gasteiger partial charge in [-0.25, -0.2) is 4.39 Å². The van der Waals surface area contributed by atoms with E-state index in [1.807, 2.05) is 6.07 Å². The molecule has 2 rings (SSSR count). The molecule has 1 aromatic carbocycles. The summed E-state index contributed by atoms with van der Waals surface area (Å²) in [7, 11) is 0. The SMILES string of the molecule is NC(=O)c1ccc(F)c(NCc2cccnc2)c1. The number of hydrogen-bond donors (Lipinski definition) is 2. The quantitative estimate of drug-likeness (QED) is 0.864. The summed E-state index contributed by atoms with van der Waals surface area (Å²) in [5.41, 5.74) is 6.57. The predicted octanol–water partition coefficient (Wildman–Crippen LogP) is 1.93. The molecule has 0 aliphatic heterocycles. The van der Waals surface area contributed by atoms with Crippen molar-refractivity contribution in [3.05, 3.63) is 59.7 Å². The molecular weight excluding hydrogens is 233 g/mol. The van der Waals surface area contributed by atoms with Crippen LogP contribution in [0.2, 0.25) is 0 Å². The van der Waals surface area contributed by atoms with Gasteiger partial charge in [-0.1, -0.05) is 6.07 Å². The largest absolute Gasteiger partial charge is 0.379 e. The zero-order valence-electron chi connectivity index (χ0n) is 9.56. The Balaban J connectivity index is 2.14. The fourth-order valence-corrected chi connectivity index (χ4v) is 1.51. The van der Waals surface area contributed by atoms with Crippen LogP contribution in [0.25, 0.3) is 0 Å². The summed E-state index contributed by atoms with van der Waals surface area (Å²) in [6.45, 7) is 0.424. The summed E-state index contributed by atoms with van der Waals surface area (Å²) >= 11 is 0. The number of benzene rings is 1. The van der Waals surface area contributed by atoms with Gasteiger partial charge in [-0.2, -0.15) is 0 Å². The fraction of sp³-hybridized carbons (Fsp3) is 0.0769. The van der Waals surface area contributed by atoms with Gasteiger partial charge in [0.2, 0.25) is 5.91 Å². The minimum absolute atomic E-state index is 0.246. The minimum Gasteiger partial charge on any atom is -0.379 e. The van der Waals surface area contributed by atoms with E-state index in [1.54, 1.807) is 18.5 Å². The van der Waals surface area contributed by atoms with Crippen molar-refractivity contribution in [2.45, 2.75) is 6.54 Å². The monoisotopic (exact) mass is 245 g/mol. The molecule has 5 heteroatoms. The summed E-state index contributed by atoms with van der Waals surface area (Å²) in [5.74, 6) is -1.01. The molecule has 0 saturated heterocycles. The number of carbonyl (C=O) groups is 1. The molecule has 0 saturated carbocycles. The van der Waals surface area contributed by atoms with Crippen molar-refractivity contribution in [2.24, 2.45) is 5.73 Å². The number of carbonyl (C=O) groups excluding carboxylic acids is 1. The molecule has 0 aliphatic rings. The van der Waals surface area contributed by atoms with Gasteiger partial charge in [-0.3, -0.25) is 9.78 Å². The summed E-state index contributed by atoms with van der Waals surface area (Å²) in [4.78, 5) is 15.0. The Bertz CT molecular complexity index is 557. The highest BCUT2D eigenvalue weighted by atomic mass is 19.1. The Kier molecular flexibility index (Phi) is 3.52. The van der Waals surface area contributed by atoms with Gasteiger partial charge in [0.15, 0.2) is 0 Å². The second kappa shape index (κ2) is 5.27. The van der Waals surface area contributed by atoms with Crippen molar-refractivity contribution < 1.29 is 9.18 Å². The van der Waals surface area contributed by atoms with E-state index < -0.39 is 11.7 Å². The maximum Gasteiger partial charge on any atom is 0.248 e. The molecule has 0 atom stereocenters. The van der Waals surface area contributed by atoms with Crippen LogP contribution in [0.1, 0.15) is 15.9 Å². The topological polar surface area (TPSA) is 68.0 Å². The molecule has 0 radical (unpaired) electrons. The van der Waals surface area contributed by atoms with E-state index >= 15 is 0 Å². The first-order chi connectivity index (χ1) is 8.66. The molecule has 1 amide bonds. The molecular formula is C13H12FN3O. The summed E-state index contributed by atoms with van der Waals surface area (Å²) in [6, 6.07) is 7.63. The number of primary amides is 1. The molecule has 18 heavy (non-hydrogen) atoms. The Morgan fingerprint density at radius 1 is 1.39 bits per heavy atom.